The first-order chi connectivity index (χ1) is 18.8. The summed E-state index contributed by atoms with van der Waals surface area (Å²) in [6, 6.07) is 20.3. The molecule has 5 aromatic rings. The molecule has 0 N–H and O–H groups in total. The van der Waals surface area contributed by atoms with E-state index in [1.165, 1.54) is 0 Å². The standard InChI is InChI=1S/C30H28ClN7O/c1-30(2,3)29-35-23(17-32)28(39-29)37-15-13-36(14-16-37)26-25-21(20-9-5-4-6-10-20)18-38(27(25)34-19-33-26)24-12-8-7-11-22(24)31/h4-12,18-19H,13-16H2,1-3H3. The van der Waals surface area contributed by atoms with E-state index in [9.17, 15) is 5.26 Å². The molecule has 1 fully saturated rings. The summed E-state index contributed by atoms with van der Waals surface area (Å²) >= 11 is 6.61. The third-order valence-electron chi connectivity index (χ3n) is 6.98. The molecule has 0 saturated carbocycles. The predicted octanol–water partition coefficient (Wildman–Crippen LogP) is 6.22. The zero-order valence-electron chi connectivity index (χ0n) is 22.1. The second-order valence-corrected chi connectivity index (χ2v) is 11.0. The highest BCUT2D eigenvalue weighted by Gasteiger charge is 2.30. The van der Waals surface area contributed by atoms with Gasteiger partial charge in [0.05, 0.1) is 16.1 Å². The Labute approximate surface area is 232 Å². The largest absolute Gasteiger partial charge is 0.423 e. The molecule has 9 heteroatoms. The SMILES string of the molecule is CC(C)(C)c1nc(C#N)c(N2CCN(c3ncnc4c3c(-c3ccccc3)cn4-c3ccccc3Cl)CC2)o1. The smallest absolute Gasteiger partial charge is 0.234 e. The second-order valence-electron chi connectivity index (χ2n) is 10.6. The number of oxazole rings is 1. The zero-order valence-corrected chi connectivity index (χ0v) is 22.9. The zero-order chi connectivity index (χ0) is 27.1. The summed E-state index contributed by atoms with van der Waals surface area (Å²) in [7, 11) is 0. The van der Waals surface area contributed by atoms with Crippen molar-refractivity contribution in [3.8, 4) is 22.9 Å². The maximum atomic E-state index is 9.69. The number of hydrogen-bond acceptors (Lipinski definition) is 7. The van der Waals surface area contributed by atoms with E-state index >= 15 is 0 Å². The highest BCUT2D eigenvalue weighted by molar-refractivity contribution is 6.32. The third-order valence-corrected chi connectivity index (χ3v) is 7.30. The minimum atomic E-state index is -0.277. The minimum absolute atomic E-state index is 0.277. The van der Waals surface area contributed by atoms with Gasteiger partial charge < -0.3 is 14.2 Å². The molecule has 0 radical (unpaired) electrons. The van der Waals surface area contributed by atoms with Gasteiger partial charge in [0, 0.05) is 43.4 Å². The molecule has 6 rings (SSSR count). The van der Waals surface area contributed by atoms with E-state index < -0.39 is 0 Å². The molecule has 1 saturated heterocycles. The molecule has 0 atom stereocenters. The molecular weight excluding hydrogens is 510 g/mol. The van der Waals surface area contributed by atoms with Gasteiger partial charge in [-0.05, 0) is 17.7 Å². The minimum Gasteiger partial charge on any atom is -0.423 e. The van der Waals surface area contributed by atoms with E-state index in [4.69, 9.17) is 26.0 Å². The number of nitrogens with zero attached hydrogens (tertiary/aromatic N) is 7. The molecule has 0 spiro atoms. The highest BCUT2D eigenvalue weighted by Crippen LogP contribution is 2.38. The normalized spacial score (nSPS) is 14.1. The fourth-order valence-electron chi connectivity index (χ4n) is 4.99. The van der Waals surface area contributed by atoms with Gasteiger partial charge in [0.25, 0.3) is 0 Å². The van der Waals surface area contributed by atoms with Crippen molar-refractivity contribution in [1.29, 1.82) is 5.26 Å². The number of fused-ring (bicyclic) bond motifs is 1. The van der Waals surface area contributed by atoms with Crippen LogP contribution in [0.3, 0.4) is 0 Å². The van der Waals surface area contributed by atoms with E-state index in [1.807, 2.05) is 67.8 Å². The van der Waals surface area contributed by atoms with Crippen molar-refractivity contribution < 1.29 is 4.42 Å². The van der Waals surface area contributed by atoms with Gasteiger partial charge in [-0.2, -0.15) is 10.2 Å². The Morgan fingerprint density at radius 2 is 1.62 bits per heavy atom. The summed E-state index contributed by atoms with van der Waals surface area (Å²) in [4.78, 5) is 18.3. The first-order valence-corrected chi connectivity index (χ1v) is 13.3. The molecule has 1 aliphatic rings. The fraction of sp³-hybridized carbons (Fsp3) is 0.267. The second kappa shape index (κ2) is 9.75. The topological polar surface area (TPSA) is 87.0 Å². The van der Waals surface area contributed by atoms with Crippen LogP contribution in [0, 0.1) is 11.3 Å². The van der Waals surface area contributed by atoms with Crippen molar-refractivity contribution in [2.45, 2.75) is 26.2 Å². The van der Waals surface area contributed by atoms with Gasteiger partial charge >= 0.3 is 0 Å². The summed E-state index contributed by atoms with van der Waals surface area (Å²) in [5.41, 5.74) is 3.84. The third kappa shape index (κ3) is 4.49. The van der Waals surface area contributed by atoms with Crippen LogP contribution < -0.4 is 9.80 Å². The summed E-state index contributed by atoms with van der Waals surface area (Å²) in [6.45, 7) is 8.83. The summed E-state index contributed by atoms with van der Waals surface area (Å²) in [5, 5.41) is 11.3. The highest BCUT2D eigenvalue weighted by atomic mass is 35.5. The number of para-hydroxylation sites is 1. The van der Waals surface area contributed by atoms with Crippen LogP contribution in [0.4, 0.5) is 11.7 Å². The number of benzene rings is 2. The predicted molar refractivity (Wildman–Crippen MR) is 154 cm³/mol. The Morgan fingerprint density at radius 3 is 2.31 bits per heavy atom. The molecule has 0 aliphatic carbocycles. The van der Waals surface area contributed by atoms with Crippen LogP contribution in [0.25, 0.3) is 27.8 Å². The van der Waals surface area contributed by atoms with Gasteiger partial charge in [0.2, 0.25) is 17.5 Å². The van der Waals surface area contributed by atoms with Gasteiger partial charge in [-0.25, -0.2) is 9.97 Å². The molecule has 0 bridgehead atoms. The van der Waals surface area contributed by atoms with Crippen molar-refractivity contribution in [3.05, 3.63) is 83.7 Å². The Hall–Kier alpha value is -4.35. The molecule has 0 amide bonds. The Balaban J connectivity index is 1.39. The fourth-order valence-corrected chi connectivity index (χ4v) is 5.22. The maximum absolute atomic E-state index is 9.69. The Bertz CT molecular complexity index is 1690. The average molecular weight is 538 g/mol. The number of hydrogen-bond donors (Lipinski definition) is 0. The Kier molecular flexibility index (Phi) is 6.24. The number of piperazine rings is 1. The van der Waals surface area contributed by atoms with Crippen molar-refractivity contribution in [1.82, 2.24) is 19.5 Å². The lowest BCUT2D eigenvalue weighted by atomic mass is 9.97. The number of halogens is 1. The van der Waals surface area contributed by atoms with Crippen LogP contribution in [0.15, 0.2) is 71.5 Å². The molecule has 8 nitrogen and oxygen atoms in total. The van der Waals surface area contributed by atoms with E-state index in [2.05, 4.69) is 39.2 Å². The Morgan fingerprint density at radius 1 is 0.923 bits per heavy atom. The molecule has 0 unspecified atom stereocenters. The molecule has 196 valence electrons. The van der Waals surface area contributed by atoms with Crippen LogP contribution in [-0.4, -0.2) is 45.7 Å². The van der Waals surface area contributed by atoms with Gasteiger partial charge in [0.1, 0.15) is 18.2 Å². The molecule has 3 aromatic heterocycles. The van der Waals surface area contributed by atoms with Crippen molar-refractivity contribution in [2.75, 3.05) is 36.0 Å². The average Bonchev–Trinajstić information content (AvgIpc) is 3.57. The molecule has 4 heterocycles. The maximum Gasteiger partial charge on any atom is 0.234 e. The molecule has 2 aromatic carbocycles. The first kappa shape index (κ1) is 25.0. The summed E-state index contributed by atoms with van der Waals surface area (Å²) < 4.78 is 8.14. The van der Waals surface area contributed by atoms with Crippen LogP contribution >= 0.6 is 11.6 Å². The van der Waals surface area contributed by atoms with Gasteiger partial charge in [0.15, 0.2) is 5.65 Å². The molecular formula is C30H28ClN7O. The molecule has 1 aliphatic heterocycles. The van der Waals surface area contributed by atoms with Gasteiger partial charge in [-0.1, -0.05) is 74.8 Å². The van der Waals surface area contributed by atoms with Gasteiger partial charge in [-0.15, -0.1) is 0 Å². The van der Waals surface area contributed by atoms with E-state index in [1.54, 1.807) is 6.33 Å². The lowest BCUT2D eigenvalue weighted by molar-refractivity contribution is 0.389. The summed E-state index contributed by atoms with van der Waals surface area (Å²) in [6.07, 6.45) is 3.71. The van der Waals surface area contributed by atoms with E-state index in [0.717, 1.165) is 33.7 Å². The number of nitriles is 1. The van der Waals surface area contributed by atoms with Crippen molar-refractivity contribution in [3.63, 3.8) is 0 Å². The first-order valence-electron chi connectivity index (χ1n) is 12.9. The monoisotopic (exact) mass is 537 g/mol. The molecule has 39 heavy (non-hydrogen) atoms. The summed E-state index contributed by atoms with van der Waals surface area (Å²) in [5.74, 6) is 1.99. The number of aromatic nitrogens is 4. The quantitative estimate of drug-likeness (QED) is 0.269. The van der Waals surface area contributed by atoms with Crippen LogP contribution in [-0.2, 0) is 5.41 Å². The van der Waals surface area contributed by atoms with E-state index in [0.29, 0.717) is 48.7 Å². The van der Waals surface area contributed by atoms with Crippen molar-refractivity contribution >= 4 is 34.3 Å². The van der Waals surface area contributed by atoms with Gasteiger partial charge in [-0.3, -0.25) is 4.57 Å². The lowest BCUT2D eigenvalue weighted by Crippen LogP contribution is -2.47. The number of anilines is 2. The lowest BCUT2D eigenvalue weighted by Gasteiger charge is -2.35. The van der Waals surface area contributed by atoms with Crippen LogP contribution in [0.1, 0.15) is 32.4 Å². The van der Waals surface area contributed by atoms with Crippen LogP contribution in [0.2, 0.25) is 5.02 Å². The van der Waals surface area contributed by atoms with E-state index in [-0.39, 0.29) is 5.41 Å². The van der Waals surface area contributed by atoms with Crippen molar-refractivity contribution in [2.24, 2.45) is 0 Å². The van der Waals surface area contributed by atoms with Crippen LogP contribution in [0.5, 0.6) is 0 Å². The number of rotatable bonds is 4.